The van der Waals surface area contributed by atoms with E-state index < -0.39 is 5.82 Å². The van der Waals surface area contributed by atoms with E-state index >= 15 is 0 Å². The topological polar surface area (TPSA) is 35.5 Å². The third-order valence-corrected chi connectivity index (χ3v) is 5.01. The Bertz CT molecular complexity index is 621. The molecule has 1 atom stereocenters. The molecule has 0 spiro atoms. The molecule has 0 amide bonds. The Balaban J connectivity index is 0.00000132. The lowest BCUT2D eigenvalue weighted by molar-refractivity contribution is 0.198. The molecule has 23 heavy (non-hydrogen) atoms. The molecule has 3 rings (SSSR count). The maximum Gasteiger partial charge on any atom is 0.145 e. The summed E-state index contributed by atoms with van der Waals surface area (Å²) in [7, 11) is 0. The van der Waals surface area contributed by atoms with E-state index in [1.165, 1.54) is 6.07 Å². The van der Waals surface area contributed by atoms with Gasteiger partial charge >= 0.3 is 0 Å². The zero-order chi connectivity index (χ0) is 14.8. The largest absolute Gasteiger partial charge is 0.506 e. The van der Waals surface area contributed by atoms with Crippen LogP contribution < -0.4 is 5.32 Å². The Hall–Kier alpha value is -0.560. The summed E-state index contributed by atoms with van der Waals surface area (Å²) in [6.07, 6.45) is 0. The minimum atomic E-state index is -0.594. The average Bonchev–Trinajstić information content (AvgIpc) is 3.03. The highest BCUT2D eigenvalue weighted by Gasteiger charge is 2.28. The Morgan fingerprint density at radius 3 is 2.52 bits per heavy atom. The fourth-order valence-corrected chi connectivity index (χ4v) is 3.74. The van der Waals surface area contributed by atoms with E-state index in [0.717, 1.165) is 31.1 Å². The molecule has 1 aliphatic rings. The van der Waals surface area contributed by atoms with Gasteiger partial charge in [-0.25, -0.2) is 4.39 Å². The number of thiophene rings is 1. The zero-order valence-corrected chi connectivity index (χ0v) is 15.4. The normalized spacial score (nSPS) is 16.3. The average molecular weight is 400 g/mol. The highest BCUT2D eigenvalue weighted by Crippen LogP contribution is 2.40. The molecule has 8 heteroatoms. The summed E-state index contributed by atoms with van der Waals surface area (Å²) in [6, 6.07) is 6.87. The first-order chi connectivity index (χ1) is 10.2. The predicted octanol–water partition coefficient (Wildman–Crippen LogP) is 4.08. The molecule has 0 bridgehead atoms. The van der Waals surface area contributed by atoms with Gasteiger partial charge in [0.15, 0.2) is 0 Å². The monoisotopic (exact) mass is 398 g/mol. The van der Waals surface area contributed by atoms with Crippen LogP contribution in [0.5, 0.6) is 5.75 Å². The summed E-state index contributed by atoms with van der Waals surface area (Å²) in [5, 5.41) is 15.4. The van der Waals surface area contributed by atoms with E-state index in [9.17, 15) is 9.50 Å². The Morgan fingerprint density at radius 1 is 1.22 bits per heavy atom. The third kappa shape index (κ3) is 4.29. The standard InChI is InChI=1S/C15H16ClFN2OS.2ClH/c16-13-11(17)4-3-10(15(13)20)14(12-2-1-9-21-12)19-7-5-18-6-8-19;;/h1-4,9,14,18,20H,5-8H2;2*1H/t14-;;/m0../s1. The summed E-state index contributed by atoms with van der Waals surface area (Å²) >= 11 is 7.50. The molecule has 0 unspecified atom stereocenters. The lowest BCUT2D eigenvalue weighted by Crippen LogP contribution is -2.45. The molecule has 0 aliphatic carbocycles. The molecule has 1 aromatic heterocycles. The van der Waals surface area contributed by atoms with Gasteiger partial charge in [-0.05, 0) is 17.5 Å². The van der Waals surface area contributed by atoms with Crippen molar-refractivity contribution in [2.24, 2.45) is 0 Å². The number of halogens is 4. The highest BCUT2D eigenvalue weighted by atomic mass is 35.5. The van der Waals surface area contributed by atoms with Crippen molar-refractivity contribution in [2.75, 3.05) is 26.2 Å². The van der Waals surface area contributed by atoms with Crippen LogP contribution in [-0.4, -0.2) is 36.2 Å². The number of benzene rings is 1. The van der Waals surface area contributed by atoms with Crippen LogP contribution in [0.25, 0.3) is 0 Å². The van der Waals surface area contributed by atoms with Crippen molar-refractivity contribution in [3.8, 4) is 5.75 Å². The van der Waals surface area contributed by atoms with Gasteiger partial charge in [0.2, 0.25) is 0 Å². The van der Waals surface area contributed by atoms with Crippen LogP contribution in [0.1, 0.15) is 16.5 Å². The highest BCUT2D eigenvalue weighted by molar-refractivity contribution is 7.10. The van der Waals surface area contributed by atoms with Crippen LogP contribution in [0.3, 0.4) is 0 Å². The Kier molecular flexibility index (Phi) is 8.07. The van der Waals surface area contributed by atoms with Gasteiger partial charge in [-0.2, -0.15) is 0 Å². The lowest BCUT2D eigenvalue weighted by atomic mass is 10.0. The van der Waals surface area contributed by atoms with Crippen molar-refractivity contribution in [1.29, 1.82) is 0 Å². The molecule has 0 radical (unpaired) electrons. The Morgan fingerprint density at radius 2 is 1.91 bits per heavy atom. The summed E-state index contributed by atoms with van der Waals surface area (Å²) in [5.41, 5.74) is 0.658. The van der Waals surface area contributed by atoms with Crippen molar-refractivity contribution < 1.29 is 9.50 Å². The Labute approximate surface area is 156 Å². The molecule has 2 aromatic rings. The second kappa shape index (κ2) is 9.06. The number of phenols is 1. The number of phenolic OH excluding ortho intramolecular Hbond substituents is 1. The van der Waals surface area contributed by atoms with Crippen molar-refractivity contribution in [1.82, 2.24) is 10.2 Å². The van der Waals surface area contributed by atoms with Crippen molar-refractivity contribution in [3.05, 3.63) is 50.9 Å². The smallest absolute Gasteiger partial charge is 0.145 e. The molecule has 3 nitrogen and oxygen atoms in total. The molecule has 1 saturated heterocycles. The van der Waals surface area contributed by atoms with Crippen molar-refractivity contribution in [3.63, 3.8) is 0 Å². The number of nitrogens with zero attached hydrogens (tertiary/aromatic N) is 1. The van der Waals surface area contributed by atoms with Crippen molar-refractivity contribution in [2.45, 2.75) is 6.04 Å². The van der Waals surface area contributed by atoms with Crippen molar-refractivity contribution >= 4 is 47.8 Å². The molecule has 2 heterocycles. The van der Waals surface area contributed by atoms with E-state index in [1.807, 2.05) is 17.5 Å². The number of aromatic hydroxyl groups is 1. The van der Waals surface area contributed by atoms with Gasteiger partial charge in [-0.15, -0.1) is 36.2 Å². The molecule has 1 aromatic carbocycles. The molecule has 1 fully saturated rings. The number of nitrogens with one attached hydrogen (secondary N) is 1. The van der Waals surface area contributed by atoms with Crippen LogP contribution in [0.2, 0.25) is 5.02 Å². The van der Waals surface area contributed by atoms with Crippen LogP contribution in [0.4, 0.5) is 4.39 Å². The second-order valence-electron chi connectivity index (χ2n) is 5.00. The maximum absolute atomic E-state index is 13.5. The second-order valence-corrected chi connectivity index (χ2v) is 6.36. The molecule has 1 aliphatic heterocycles. The first-order valence-electron chi connectivity index (χ1n) is 6.83. The van der Waals surface area contributed by atoms with Gasteiger partial charge in [0, 0.05) is 36.6 Å². The predicted molar refractivity (Wildman–Crippen MR) is 98.2 cm³/mol. The van der Waals surface area contributed by atoms with Gasteiger partial charge in [0.25, 0.3) is 0 Å². The van der Waals surface area contributed by atoms with E-state index in [2.05, 4.69) is 10.2 Å². The van der Waals surface area contributed by atoms with E-state index in [4.69, 9.17) is 11.6 Å². The fraction of sp³-hybridized carbons (Fsp3) is 0.333. The SMILES string of the molecule is Cl.Cl.Oc1c([C@@H](c2cccs2)N2CCNCC2)ccc(F)c1Cl. The molecular weight excluding hydrogens is 382 g/mol. The molecular formula is C15H18Cl3FN2OS. The molecule has 128 valence electrons. The first-order valence-corrected chi connectivity index (χ1v) is 8.09. The summed E-state index contributed by atoms with van der Waals surface area (Å²) in [4.78, 5) is 3.40. The van der Waals surface area contributed by atoms with Crippen LogP contribution in [0.15, 0.2) is 29.6 Å². The van der Waals surface area contributed by atoms with Gasteiger partial charge < -0.3 is 10.4 Å². The number of piperazine rings is 1. The quantitative estimate of drug-likeness (QED) is 0.816. The molecule has 0 saturated carbocycles. The van der Waals surface area contributed by atoms with E-state index in [1.54, 1.807) is 17.4 Å². The van der Waals surface area contributed by atoms with E-state index in [0.29, 0.717) is 5.56 Å². The zero-order valence-electron chi connectivity index (χ0n) is 12.2. The van der Waals surface area contributed by atoms with Gasteiger partial charge in [0.1, 0.15) is 16.6 Å². The minimum Gasteiger partial charge on any atom is -0.506 e. The van der Waals surface area contributed by atoms with Crippen LogP contribution in [-0.2, 0) is 0 Å². The molecule has 2 N–H and O–H groups in total. The van der Waals surface area contributed by atoms with E-state index in [-0.39, 0.29) is 41.6 Å². The minimum absolute atomic E-state index is 0. The number of hydrogen-bond acceptors (Lipinski definition) is 4. The number of hydrogen-bond donors (Lipinski definition) is 2. The van der Waals surface area contributed by atoms with Crippen LogP contribution >= 0.6 is 47.8 Å². The van der Waals surface area contributed by atoms with Crippen LogP contribution in [0, 0.1) is 5.82 Å². The lowest BCUT2D eigenvalue weighted by Gasteiger charge is -2.35. The summed E-state index contributed by atoms with van der Waals surface area (Å²) in [6.45, 7) is 3.54. The first kappa shape index (κ1) is 20.5. The number of rotatable bonds is 3. The fourth-order valence-electron chi connectivity index (χ4n) is 2.69. The maximum atomic E-state index is 13.5. The van der Waals surface area contributed by atoms with Gasteiger partial charge in [-0.3, -0.25) is 4.90 Å². The third-order valence-electron chi connectivity index (χ3n) is 3.72. The summed E-state index contributed by atoms with van der Waals surface area (Å²) in [5.74, 6) is -0.753. The summed E-state index contributed by atoms with van der Waals surface area (Å²) < 4.78 is 13.5. The van der Waals surface area contributed by atoms with Gasteiger partial charge in [-0.1, -0.05) is 23.7 Å². The van der Waals surface area contributed by atoms with Gasteiger partial charge in [0.05, 0.1) is 6.04 Å².